The van der Waals surface area contributed by atoms with Crippen LogP contribution in [0.15, 0.2) is 52.0 Å². The number of rotatable bonds is 5. The number of carbonyl (C=O) groups is 2. The Bertz CT molecular complexity index is 1120. The molecule has 1 saturated carbocycles. The lowest BCUT2D eigenvalue weighted by molar-refractivity contribution is -0.384. The van der Waals surface area contributed by atoms with E-state index in [-0.39, 0.29) is 41.2 Å². The normalized spacial score (nSPS) is 26.7. The molecule has 4 aliphatic rings. The van der Waals surface area contributed by atoms with Gasteiger partial charge in [-0.3, -0.25) is 19.7 Å². The van der Waals surface area contributed by atoms with E-state index in [1.54, 1.807) is 12.1 Å². The summed E-state index contributed by atoms with van der Waals surface area (Å²) in [5.41, 5.74) is 0.319. The monoisotopic (exact) mass is 421 g/mol. The van der Waals surface area contributed by atoms with E-state index in [9.17, 15) is 19.7 Å². The fourth-order valence-corrected chi connectivity index (χ4v) is 4.86. The minimum absolute atomic E-state index is 0.0958. The highest BCUT2D eigenvalue weighted by Gasteiger charge is 2.56. The van der Waals surface area contributed by atoms with E-state index in [1.165, 1.54) is 31.5 Å². The molecule has 4 unspecified atom stereocenters. The number of benzene rings is 1. The topological polar surface area (TPSA) is 115 Å². The molecule has 1 saturated heterocycles. The van der Waals surface area contributed by atoms with Gasteiger partial charge in [0, 0.05) is 12.1 Å². The molecule has 4 atom stereocenters. The summed E-state index contributed by atoms with van der Waals surface area (Å²) in [6, 6.07) is 7.44. The number of ether oxygens (including phenoxy) is 1. The Labute approximate surface area is 177 Å². The van der Waals surface area contributed by atoms with E-state index in [0.717, 1.165) is 17.9 Å². The van der Waals surface area contributed by atoms with Crippen molar-refractivity contribution in [2.75, 3.05) is 7.11 Å². The molecule has 0 N–H and O–H groups in total. The first-order valence-corrected chi connectivity index (χ1v) is 10.0. The molecule has 1 aliphatic heterocycles. The average Bonchev–Trinajstić information content (AvgIpc) is 3.36. The number of carbonyl (C=O) groups excluding carboxylic acids is 2. The molecule has 158 valence electrons. The van der Waals surface area contributed by atoms with Gasteiger partial charge in [-0.05, 0) is 42.9 Å². The third kappa shape index (κ3) is 3.04. The van der Waals surface area contributed by atoms with Gasteiger partial charge in [-0.1, -0.05) is 12.2 Å². The summed E-state index contributed by atoms with van der Waals surface area (Å²) in [5, 5.41) is 16.2. The zero-order valence-corrected chi connectivity index (χ0v) is 16.6. The van der Waals surface area contributed by atoms with Crippen LogP contribution in [0.2, 0.25) is 0 Å². The van der Waals surface area contributed by atoms with Gasteiger partial charge in [-0.25, -0.2) is 0 Å². The third-order valence-corrected chi connectivity index (χ3v) is 6.32. The summed E-state index contributed by atoms with van der Waals surface area (Å²) in [7, 11) is 1.46. The Balaban J connectivity index is 1.40. The minimum Gasteiger partial charge on any atom is -0.496 e. The van der Waals surface area contributed by atoms with Gasteiger partial charge in [0.15, 0.2) is 0 Å². The average molecular weight is 421 g/mol. The number of allylic oxidation sites excluding steroid dienone is 2. The molecule has 2 amide bonds. The molecule has 9 heteroatoms. The number of amides is 2. The summed E-state index contributed by atoms with van der Waals surface area (Å²) >= 11 is 0. The van der Waals surface area contributed by atoms with Crippen LogP contribution in [-0.2, 0) is 9.59 Å². The minimum atomic E-state index is -0.500. The lowest BCUT2D eigenvalue weighted by Crippen LogP contribution is -2.38. The fraction of sp³-hybridized carbons (Fsp3) is 0.318. The molecule has 1 aromatic carbocycles. The van der Waals surface area contributed by atoms with Crippen molar-refractivity contribution in [3.05, 3.63) is 58.4 Å². The Hall–Kier alpha value is -3.75. The van der Waals surface area contributed by atoms with Crippen LogP contribution in [0.25, 0.3) is 11.3 Å². The van der Waals surface area contributed by atoms with E-state index in [1.807, 2.05) is 0 Å². The second-order valence-electron chi connectivity index (χ2n) is 7.92. The van der Waals surface area contributed by atoms with Gasteiger partial charge in [0.05, 0.1) is 35.6 Å². The van der Waals surface area contributed by atoms with Crippen molar-refractivity contribution in [1.29, 1.82) is 0 Å². The van der Waals surface area contributed by atoms with Gasteiger partial charge in [0.1, 0.15) is 17.3 Å². The van der Waals surface area contributed by atoms with Crippen molar-refractivity contribution in [2.45, 2.75) is 12.8 Å². The third-order valence-electron chi connectivity index (χ3n) is 6.32. The Morgan fingerprint density at radius 2 is 1.81 bits per heavy atom. The number of methoxy groups -OCH3 is 1. The Morgan fingerprint density at radius 1 is 1.13 bits per heavy atom. The maximum absolute atomic E-state index is 12.8. The van der Waals surface area contributed by atoms with Gasteiger partial charge in [0.25, 0.3) is 17.5 Å². The first-order chi connectivity index (χ1) is 15.0. The first-order valence-electron chi connectivity index (χ1n) is 10.0. The van der Waals surface area contributed by atoms with Crippen LogP contribution in [-0.4, -0.2) is 35.1 Å². The molecule has 9 nitrogen and oxygen atoms in total. The number of furan rings is 1. The zero-order chi connectivity index (χ0) is 21.7. The maximum atomic E-state index is 12.8. The highest BCUT2D eigenvalue weighted by atomic mass is 16.6. The van der Waals surface area contributed by atoms with Gasteiger partial charge in [0.2, 0.25) is 0 Å². The molecular weight excluding hydrogens is 402 g/mol. The number of non-ortho nitro benzene ring substituents is 1. The van der Waals surface area contributed by atoms with Gasteiger partial charge in [-0.2, -0.15) is 10.1 Å². The van der Waals surface area contributed by atoms with Crippen molar-refractivity contribution >= 4 is 23.7 Å². The van der Waals surface area contributed by atoms with Crippen molar-refractivity contribution in [2.24, 2.45) is 28.8 Å². The second kappa shape index (κ2) is 7.19. The van der Waals surface area contributed by atoms with Crippen LogP contribution >= 0.6 is 0 Å². The summed E-state index contributed by atoms with van der Waals surface area (Å²) in [4.78, 5) is 36.2. The van der Waals surface area contributed by atoms with Crippen LogP contribution in [0.1, 0.15) is 18.6 Å². The van der Waals surface area contributed by atoms with Gasteiger partial charge in [-0.15, -0.1) is 0 Å². The molecule has 2 aromatic rings. The van der Waals surface area contributed by atoms with E-state index >= 15 is 0 Å². The Kier molecular flexibility index (Phi) is 4.46. The fourth-order valence-electron chi connectivity index (χ4n) is 4.86. The van der Waals surface area contributed by atoms with E-state index in [0.29, 0.717) is 22.8 Å². The molecule has 31 heavy (non-hydrogen) atoms. The van der Waals surface area contributed by atoms with Crippen molar-refractivity contribution in [3.8, 4) is 17.1 Å². The lowest BCUT2D eigenvalue weighted by atomic mass is 9.63. The van der Waals surface area contributed by atoms with Crippen LogP contribution in [0.5, 0.6) is 5.75 Å². The summed E-state index contributed by atoms with van der Waals surface area (Å²) in [6.45, 7) is 0. The molecular formula is C22H19N3O6. The molecule has 0 spiro atoms. The molecule has 2 fully saturated rings. The second-order valence-corrected chi connectivity index (χ2v) is 7.92. The van der Waals surface area contributed by atoms with Crippen LogP contribution in [0, 0.1) is 33.8 Å². The maximum Gasteiger partial charge on any atom is 0.270 e. The van der Waals surface area contributed by atoms with E-state index in [4.69, 9.17) is 9.15 Å². The first kappa shape index (κ1) is 19.2. The van der Waals surface area contributed by atoms with E-state index in [2.05, 4.69) is 17.3 Å². The quantitative estimate of drug-likeness (QED) is 0.240. The molecule has 3 aliphatic carbocycles. The lowest BCUT2D eigenvalue weighted by Gasteiger charge is -2.37. The summed E-state index contributed by atoms with van der Waals surface area (Å²) < 4.78 is 11.0. The number of imide groups is 1. The largest absolute Gasteiger partial charge is 0.496 e. The predicted molar refractivity (Wildman–Crippen MR) is 109 cm³/mol. The highest BCUT2D eigenvalue weighted by Crippen LogP contribution is 2.49. The number of hydrazone groups is 1. The number of fused-ring (bicyclic) bond motifs is 1. The number of nitro groups is 1. The van der Waals surface area contributed by atoms with Gasteiger partial charge >= 0.3 is 0 Å². The van der Waals surface area contributed by atoms with Gasteiger partial charge < -0.3 is 9.15 Å². The Morgan fingerprint density at radius 3 is 2.39 bits per heavy atom. The number of hydrogen-bond acceptors (Lipinski definition) is 7. The molecule has 0 radical (unpaired) electrons. The summed E-state index contributed by atoms with van der Waals surface area (Å²) in [5.74, 6) is 0.0863. The molecule has 6 rings (SSSR count). The molecule has 2 heterocycles. The standard InChI is InChI=1S/C22H19N3O6/c1-30-17-8-6-14(25(28)29)10-16(17)18-9-7-15(31-18)11-23-24-21(26)19-12-2-3-13(5-4-12)20(19)22(24)27/h2-3,6-13,19-20H,4-5H2,1H3. The summed E-state index contributed by atoms with van der Waals surface area (Å²) in [6.07, 6.45) is 7.27. The SMILES string of the molecule is COc1ccc([N+](=O)[O-])cc1-c1ccc(C=NN2C(=O)C3C4C=CC(CC4)C3C2=O)o1. The number of nitro benzene ring substituents is 1. The van der Waals surface area contributed by atoms with Crippen molar-refractivity contribution in [1.82, 2.24) is 5.01 Å². The van der Waals surface area contributed by atoms with Crippen LogP contribution in [0.4, 0.5) is 5.69 Å². The van der Waals surface area contributed by atoms with Crippen molar-refractivity contribution in [3.63, 3.8) is 0 Å². The molecule has 1 aromatic heterocycles. The smallest absolute Gasteiger partial charge is 0.270 e. The highest BCUT2D eigenvalue weighted by molar-refractivity contribution is 6.06. The van der Waals surface area contributed by atoms with E-state index < -0.39 is 4.92 Å². The van der Waals surface area contributed by atoms with Crippen molar-refractivity contribution < 1.29 is 23.7 Å². The predicted octanol–water partition coefficient (Wildman–Crippen LogP) is 3.39. The van der Waals surface area contributed by atoms with Crippen LogP contribution in [0.3, 0.4) is 0 Å². The molecule has 2 bridgehead atoms. The van der Waals surface area contributed by atoms with Crippen LogP contribution < -0.4 is 4.74 Å². The zero-order valence-electron chi connectivity index (χ0n) is 16.6. The number of hydrogen-bond donors (Lipinski definition) is 0. The number of nitrogens with zero attached hydrogens (tertiary/aromatic N) is 3.